The fraction of sp³-hybridized carbons (Fsp3) is 0.143. The molecule has 0 saturated carbocycles. The lowest BCUT2D eigenvalue weighted by atomic mass is 9.87. The molecule has 0 fully saturated rings. The zero-order valence-corrected chi connectivity index (χ0v) is 30.1. The van der Waals surface area contributed by atoms with Crippen molar-refractivity contribution in [3.8, 4) is 22.3 Å². The maximum absolute atomic E-state index is 5.14. The molecule has 0 bridgehead atoms. The van der Waals surface area contributed by atoms with Crippen LogP contribution in [0.3, 0.4) is 0 Å². The van der Waals surface area contributed by atoms with Gasteiger partial charge in [0.15, 0.2) is 5.84 Å². The Kier molecular flexibility index (Phi) is 9.09. The Morgan fingerprint density at radius 1 is 0.769 bits per heavy atom. The van der Waals surface area contributed by atoms with Crippen LogP contribution >= 0.6 is 0 Å². The van der Waals surface area contributed by atoms with E-state index in [0.29, 0.717) is 11.5 Å². The monoisotopic (exact) mass is 673 g/mol. The van der Waals surface area contributed by atoms with Gasteiger partial charge in [-0.1, -0.05) is 135 Å². The first-order valence-corrected chi connectivity index (χ1v) is 18.3. The number of nitrogens with zero attached hydrogens (tertiary/aromatic N) is 3. The molecule has 3 heteroatoms. The Labute approximate surface area is 308 Å². The number of amidine groups is 1. The van der Waals surface area contributed by atoms with E-state index in [4.69, 9.17) is 9.98 Å². The van der Waals surface area contributed by atoms with Crippen LogP contribution in [-0.2, 0) is 6.42 Å². The Hall–Kier alpha value is -6.06. The maximum Gasteiger partial charge on any atom is 0.159 e. The first-order chi connectivity index (χ1) is 25.5. The molecular weight excluding hydrogens is 631 g/mol. The van der Waals surface area contributed by atoms with Crippen molar-refractivity contribution in [2.45, 2.75) is 39.5 Å². The quantitative estimate of drug-likeness (QED) is 0.119. The van der Waals surface area contributed by atoms with E-state index in [0.717, 1.165) is 35.4 Å². The molecule has 1 aliphatic heterocycles. The van der Waals surface area contributed by atoms with Crippen LogP contribution in [0.25, 0.3) is 28.0 Å². The van der Waals surface area contributed by atoms with Crippen LogP contribution in [0.2, 0.25) is 0 Å². The number of hydrogen-bond acceptors (Lipinski definition) is 2. The average molecular weight is 674 g/mol. The number of hydrogen-bond donors (Lipinski definition) is 0. The van der Waals surface area contributed by atoms with Gasteiger partial charge >= 0.3 is 0 Å². The zero-order valence-electron chi connectivity index (χ0n) is 30.1. The van der Waals surface area contributed by atoms with Crippen LogP contribution in [0, 0.1) is 12.8 Å². The molecule has 1 heterocycles. The van der Waals surface area contributed by atoms with Gasteiger partial charge in [0.05, 0.1) is 11.4 Å². The number of aryl methyl sites for hydroxylation is 2. The van der Waals surface area contributed by atoms with Crippen molar-refractivity contribution in [3.63, 3.8) is 0 Å². The van der Waals surface area contributed by atoms with Crippen molar-refractivity contribution in [2.75, 3.05) is 4.90 Å². The highest BCUT2D eigenvalue weighted by Gasteiger charge is 2.35. The number of benzene rings is 5. The first-order valence-electron chi connectivity index (χ1n) is 18.3. The summed E-state index contributed by atoms with van der Waals surface area (Å²) >= 11 is 0. The highest BCUT2D eigenvalue weighted by molar-refractivity contribution is 6.09. The molecule has 0 aromatic heterocycles. The van der Waals surface area contributed by atoms with Crippen molar-refractivity contribution in [1.29, 1.82) is 0 Å². The van der Waals surface area contributed by atoms with Gasteiger partial charge in [-0.15, -0.1) is 0 Å². The molecule has 2 unspecified atom stereocenters. The molecule has 254 valence electrons. The first kappa shape index (κ1) is 33.1. The molecule has 2 atom stereocenters. The second-order valence-corrected chi connectivity index (χ2v) is 13.8. The van der Waals surface area contributed by atoms with Crippen molar-refractivity contribution in [3.05, 3.63) is 198 Å². The van der Waals surface area contributed by atoms with E-state index in [9.17, 15) is 0 Å². The summed E-state index contributed by atoms with van der Waals surface area (Å²) in [5, 5.41) is 0. The summed E-state index contributed by atoms with van der Waals surface area (Å²) in [5.41, 5.74) is 16.4. The molecule has 3 nitrogen and oxygen atoms in total. The van der Waals surface area contributed by atoms with Crippen molar-refractivity contribution >= 4 is 28.6 Å². The van der Waals surface area contributed by atoms with Gasteiger partial charge in [0.2, 0.25) is 0 Å². The van der Waals surface area contributed by atoms with E-state index in [2.05, 4.69) is 160 Å². The van der Waals surface area contributed by atoms with Crippen molar-refractivity contribution in [2.24, 2.45) is 15.9 Å². The molecular formula is C49H43N3. The number of anilines is 2. The van der Waals surface area contributed by atoms with Crippen LogP contribution < -0.4 is 4.90 Å². The van der Waals surface area contributed by atoms with E-state index >= 15 is 0 Å². The van der Waals surface area contributed by atoms with Gasteiger partial charge in [-0.25, -0.2) is 9.98 Å². The zero-order chi connectivity index (χ0) is 35.6. The lowest BCUT2D eigenvalue weighted by Gasteiger charge is -2.23. The van der Waals surface area contributed by atoms with Gasteiger partial charge in [0.25, 0.3) is 0 Å². The summed E-state index contributed by atoms with van der Waals surface area (Å²) in [7, 11) is 0. The van der Waals surface area contributed by atoms with E-state index in [-0.39, 0.29) is 11.8 Å². The molecule has 0 amide bonds. The molecule has 0 saturated heterocycles. The van der Waals surface area contributed by atoms with Gasteiger partial charge in [0, 0.05) is 34.5 Å². The Bertz CT molecular complexity index is 2350. The SMILES string of the molecule is C=C(N=C(N=C(C)C1C=CC=CC1)c1ccc(N2C3=CC=CC3c3ccc(-c4cccc(C)c4-c4ccccc4CC)cc32)cc1)c1ccccc1. The summed E-state index contributed by atoms with van der Waals surface area (Å²) in [6, 6.07) is 41.4. The maximum atomic E-state index is 5.14. The molecule has 0 N–H and O–H groups in total. The molecule has 2 aliphatic carbocycles. The van der Waals surface area contributed by atoms with Gasteiger partial charge in [-0.3, -0.25) is 0 Å². The molecule has 52 heavy (non-hydrogen) atoms. The summed E-state index contributed by atoms with van der Waals surface area (Å²) in [4.78, 5) is 12.6. The minimum atomic E-state index is 0.234. The molecule has 3 aliphatic rings. The lowest BCUT2D eigenvalue weighted by Crippen LogP contribution is -2.13. The summed E-state index contributed by atoms with van der Waals surface area (Å²) < 4.78 is 0. The standard InChI is InChI=1S/C49H43N3/c1-5-36-17-12-13-22-42(36)48-33(2)16-14-23-43(48)40-28-31-45-44-24-15-25-46(44)52(47(45)32-40)41-29-26-39(27-30-41)49(50-34(3)37-18-8-6-9-19-37)51-35(4)38-20-10-7-11-21-38/h6-20,22-32,38,44H,3,5,21H2,1-2,4H3. The largest absolute Gasteiger partial charge is 0.313 e. The van der Waals surface area contributed by atoms with Crippen LogP contribution in [0.4, 0.5) is 11.4 Å². The minimum absolute atomic E-state index is 0.234. The number of aliphatic imine (C=N–C) groups is 2. The van der Waals surface area contributed by atoms with Crippen molar-refractivity contribution in [1.82, 2.24) is 0 Å². The fourth-order valence-corrected chi connectivity index (χ4v) is 7.75. The lowest BCUT2D eigenvalue weighted by molar-refractivity contribution is 0.865. The molecule has 8 rings (SSSR count). The van der Waals surface area contributed by atoms with Gasteiger partial charge in [-0.05, 0) is 108 Å². The molecule has 0 radical (unpaired) electrons. The smallest absolute Gasteiger partial charge is 0.159 e. The van der Waals surface area contributed by atoms with Crippen molar-refractivity contribution < 1.29 is 0 Å². The number of fused-ring (bicyclic) bond motifs is 3. The predicted octanol–water partition coefficient (Wildman–Crippen LogP) is 12.6. The normalized spacial score (nSPS) is 17.7. The van der Waals surface area contributed by atoms with E-state index in [1.807, 2.05) is 30.3 Å². The van der Waals surface area contributed by atoms with Crippen LogP contribution in [0.1, 0.15) is 54.0 Å². The predicted molar refractivity (Wildman–Crippen MR) is 221 cm³/mol. The topological polar surface area (TPSA) is 28.0 Å². The third-order valence-electron chi connectivity index (χ3n) is 10.5. The fourth-order valence-electron chi connectivity index (χ4n) is 7.75. The highest BCUT2D eigenvalue weighted by atomic mass is 15.2. The second-order valence-electron chi connectivity index (χ2n) is 13.8. The van der Waals surface area contributed by atoms with Gasteiger partial charge in [-0.2, -0.15) is 0 Å². The van der Waals surface area contributed by atoms with Crippen LogP contribution in [-0.4, -0.2) is 11.5 Å². The van der Waals surface area contributed by atoms with Crippen LogP contribution in [0.15, 0.2) is 180 Å². The highest BCUT2D eigenvalue weighted by Crippen LogP contribution is 2.52. The molecule has 0 spiro atoms. The Morgan fingerprint density at radius 3 is 2.35 bits per heavy atom. The van der Waals surface area contributed by atoms with E-state index < -0.39 is 0 Å². The third kappa shape index (κ3) is 6.24. The summed E-state index contributed by atoms with van der Waals surface area (Å²) in [6.45, 7) is 10.9. The number of allylic oxidation sites excluding steroid dienone is 7. The number of rotatable bonds is 8. The van der Waals surface area contributed by atoms with Gasteiger partial charge in [0.1, 0.15) is 0 Å². The van der Waals surface area contributed by atoms with E-state index in [1.165, 1.54) is 50.3 Å². The minimum Gasteiger partial charge on any atom is -0.313 e. The summed E-state index contributed by atoms with van der Waals surface area (Å²) in [6.07, 6.45) is 17.3. The van der Waals surface area contributed by atoms with E-state index in [1.54, 1.807) is 0 Å². The Morgan fingerprint density at radius 2 is 1.56 bits per heavy atom. The van der Waals surface area contributed by atoms with Gasteiger partial charge < -0.3 is 4.90 Å². The van der Waals surface area contributed by atoms with Crippen LogP contribution in [0.5, 0.6) is 0 Å². The summed E-state index contributed by atoms with van der Waals surface area (Å²) in [5.74, 6) is 1.15. The second kappa shape index (κ2) is 14.3. The molecule has 5 aromatic rings. The molecule has 5 aromatic carbocycles. The average Bonchev–Trinajstić information content (AvgIpc) is 3.79. The Balaban J connectivity index is 1.19. The third-order valence-corrected chi connectivity index (χ3v) is 10.5.